The molecule has 0 aliphatic heterocycles. The highest BCUT2D eigenvalue weighted by molar-refractivity contribution is 7.94. The normalized spacial score (nSPS) is 11.3. The third kappa shape index (κ3) is 3.92. The fourth-order valence-corrected chi connectivity index (χ4v) is 4.70. The zero-order valence-corrected chi connectivity index (χ0v) is 14.9. The Balaban J connectivity index is 2.52. The van der Waals surface area contributed by atoms with Gasteiger partial charge >= 0.3 is 5.97 Å². The van der Waals surface area contributed by atoms with Crippen LogP contribution in [0.4, 0.5) is 5.69 Å². The lowest BCUT2D eigenvalue weighted by atomic mass is 10.1. The van der Waals surface area contributed by atoms with Gasteiger partial charge in [-0.05, 0) is 49.4 Å². The van der Waals surface area contributed by atoms with Crippen molar-refractivity contribution < 1.29 is 17.9 Å². The summed E-state index contributed by atoms with van der Waals surface area (Å²) < 4.78 is 32.1. The van der Waals surface area contributed by atoms with Crippen molar-refractivity contribution in [2.75, 3.05) is 17.5 Å². The van der Waals surface area contributed by atoms with Gasteiger partial charge in [-0.15, -0.1) is 11.3 Å². The lowest BCUT2D eigenvalue weighted by Crippen LogP contribution is -2.36. The Morgan fingerprint density at radius 3 is 2.61 bits per heavy atom. The van der Waals surface area contributed by atoms with E-state index in [2.05, 4.69) is 0 Å². The van der Waals surface area contributed by atoms with Crippen molar-refractivity contribution in [2.45, 2.75) is 25.0 Å². The van der Waals surface area contributed by atoms with Crippen molar-refractivity contribution in [2.24, 2.45) is 0 Å². The third-order valence-corrected chi connectivity index (χ3v) is 6.38. The molecule has 0 bridgehead atoms. The number of benzene rings is 1. The molecule has 0 spiro atoms. The molecule has 0 unspecified atom stereocenters. The van der Waals surface area contributed by atoms with E-state index in [4.69, 9.17) is 4.74 Å². The van der Waals surface area contributed by atoms with E-state index in [-0.39, 0.29) is 17.4 Å². The molecule has 1 aromatic heterocycles. The molecule has 0 N–H and O–H groups in total. The number of esters is 1. The number of thiophene rings is 1. The number of hydrogen-bond donors (Lipinski definition) is 0. The molecule has 2 rings (SSSR count). The van der Waals surface area contributed by atoms with Crippen LogP contribution in [0.1, 0.15) is 18.1 Å². The Morgan fingerprint density at radius 2 is 2.00 bits per heavy atom. The van der Waals surface area contributed by atoms with Gasteiger partial charge in [0.2, 0.25) is 0 Å². The van der Waals surface area contributed by atoms with Gasteiger partial charge in [-0.25, -0.2) is 8.42 Å². The lowest BCUT2D eigenvalue weighted by Gasteiger charge is -2.24. The van der Waals surface area contributed by atoms with E-state index in [1.54, 1.807) is 24.4 Å². The summed E-state index contributed by atoms with van der Waals surface area (Å²) >= 11 is 1.12. The number of nitrogens with zero attached hydrogens (tertiary/aromatic N) is 1. The maximum absolute atomic E-state index is 12.9. The number of rotatable bonds is 6. The van der Waals surface area contributed by atoms with Crippen molar-refractivity contribution in [3.8, 4) is 0 Å². The van der Waals surface area contributed by atoms with Crippen LogP contribution in [-0.2, 0) is 19.6 Å². The second kappa shape index (κ2) is 7.14. The molecule has 0 amide bonds. The molecule has 2 aromatic rings. The van der Waals surface area contributed by atoms with Gasteiger partial charge in [-0.2, -0.15) is 0 Å². The van der Waals surface area contributed by atoms with Gasteiger partial charge in [-0.1, -0.05) is 18.2 Å². The fourth-order valence-electron chi connectivity index (χ4n) is 2.13. The predicted molar refractivity (Wildman–Crippen MR) is 91.4 cm³/mol. The third-order valence-electron chi connectivity index (χ3n) is 3.25. The largest absolute Gasteiger partial charge is 0.465 e. The maximum atomic E-state index is 12.9. The van der Waals surface area contributed by atoms with Crippen LogP contribution in [0.3, 0.4) is 0 Å². The van der Waals surface area contributed by atoms with E-state index in [0.29, 0.717) is 5.69 Å². The minimum atomic E-state index is -3.81. The summed E-state index contributed by atoms with van der Waals surface area (Å²) in [6.45, 7) is 5.24. The van der Waals surface area contributed by atoms with Crippen molar-refractivity contribution >= 4 is 33.0 Å². The van der Waals surface area contributed by atoms with E-state index in [1.807, 2.05) is 26.0 Å². The molecule has 0 aliphatic carbocycles. The van der Waals surface area contributed by atoms with Gasteiger partial charge in [0.25, 0.3) is 10.0 Å². The average molecular weight is 353 g/mol. The summed E-state index contributed by atoms with van der Waals surface area (Å²) in [5.41, 5.74) is 2.19. The van der Waals surface area contributed by atoms with Crippen LogP contribution in [0.15, 0.2) is 39.9 Å². The molecular weight excluding hydrogens is 334 g/mol. The van der Waals surface area contributed by atoms with E-state index in [0.717, 1.165) is 26.8 Å². The molecule has 0 radical (unpaired) electrons. The molecule has 1 heterocycles. The standard InChI is InChI=1S/C16H19NO4S2/c1-4-21-15(18)11-17(14-10-12(2)7-8-13(14)3)23(19,20)16-6-5-9-22-16/h5-10H,4,11H2,1-3H3. The number of hydrogen-bond acceptors (Lipinski definition) is 5. The van der Waals surface area contributed by atoms with Crippen LogP contribution in [0, 0.1) is 13.8 Å². The first kappa shape index (κ1) is 17.5. The lowest BCUT2D eigenvalue weighted by molar-refractivity contribution is -0.141. The molecule has 0 aliphatic rings. The number of carbonyl (C=O) groups is 1. The van der Waals surface area contributed by atoms with E-state index in [1.165, 1.54) is 6.07 Å². The Labute approximate surface area is 140 Å². The fraction of sp³-hybridized carbons (Fsp3) is 0.312. The molecule has 1 aromatic carbocycles. The summed E-state index contributed by atoms with van der Waals surface area (Å²) in [4.78, 5) is 11.9. The highest BCUT2D eigenvalue weighted by Gasteiger charge is 2.29. The number of anilines is 1. The topological polar surface area (TPSA) is 63.7 Å². The Bertz CT molecular complexity index is 782. The summed E-state index contributed by atoms with van der Waals surface area (Å²) in [6, 6.07) is 8.71. The second-order valence-corrected chi connectivity index (χ2v) is 8.08. The Morgan fingerprint density at radius 1 is 1.26 bits per heavy atom. The van der Waals surface area contributed by atoms with E-state index in [9.17, 15) is 13.2 Å². The summed E-state index contributed by atoms with van der Waals surface area (Å²) in [5.74, 6) is -0.575. The highest BCUT2D eigenvalue weighted by atomic mass is 32.2. The molecule has 124 valence electrons. The van der Waals surface area contributed by atoms with Crippen molar-refractivity contribution in [3.05, 3.63) is 46.8 Å². The smallest absolute Gasteiger partial charge is 0.326 e. The van der Waals surface area contributed by atoms with Gasteiger partial charge in [0.1, 0.15) is 10.8 Å². The van der Waals surface area contributed by atoms with Gasteiger partial charge in [0.15, 0.2) is 0 Å². The zero-order chi connectivity index (χ0) is 17.0. The van der Waals surface area contributed by atoms with Gasteiger partial charge in [0, 0.05) is 0 Å². The minimum Gasteiger partial charge on any atom is -0.465 e. The molecule has 23 heavy (non-hydrogen) atoms. The van der Waals surface area contributed by atoms with Gasteiger partial charge in [-0.3, -0.25) is 9.10 Å². The first-order valence-corrected chi connectivity index (χ1v) is 9.47. The van der Waals surface area contributed by atoms with Crippen LogP contribution in [-0.4, -0.2) is 27.5 Å². The molecular formula is C16H19NO4S2. The second-order valence-electron chi connectivity index (χ2n) is 5.04. The first-order chi connectivity index (χ1) is 10.9. The van der Waals surface area contributed by atoms with E-state index < -0.39 is 16.0 Å². The van der Waals surface area contributed by atoms with Crippen molar-refractivity contribution in [3.63, 3.8) is 0 Å². The Kier molecular flexibility index (Phi) is 5.43. The highest BCUT2D eigenvalue weighted by Crippen LogP contribution is 2.29. The summed E-state index contributed by atoms with van der Waals surface area (Å²) in [7, 11) is -3.81. The van der Waals surface area contributed by atoms with Crippen LogP contribution in [0.25, 0.3) is 0 Å². The average Bonchev–Trinajstić information content (AvgIpc) is 3.03. The van der Waals surface area contributed by atoms with Gasteiger partial charge < -0.3 is 4.74 Å². The Hall–Kier alpha value is -1.86. The molecule has 0 fully saturated rings. The minimum absolute atomic E-state index is 0.197. The number of aryl methyl sites for hydroxylation is 2. The van der Waals surface area contributed by atoms with Crippen LogP contribution < -0.4 is 4.31 Å². The molecule has 0 saturated carbocycles. The predicted octanol–water partition coefficient (Wildman–Crippen LogP) is 3.12. The van der Waals surface area contributed by atoms with Gasteiger partial charge in [0.05, 0.1) is 12.3 Å². The SMILES string of the molecule is CCOC(=O)CN(c1cc(C)ccc1C)S(=O)(=O)c1cccs1. The monoisotopic (exact) mass is 353 g/mol. The summed E-state index contributed by atoms with van der Waals surface area (Å²) in [6.07, 6.45) is 0. The quantitative estimate of drug-likeness (QED) is 0.749. The van der Waals surface area contributed by atoms with Crippen LogP contribution in [0.2, 0.25) is 0 Å². The zero-order valence-electron chi connectivity index (χ0n) is 13.3. The van der Waals surface area contributed by atoms with Crippen molar-refractivity contribution in [1.29, 1.82) is 0 Å². The van der Waals surface area contributed by atoms with Crippen molar-refractivity contribution in [1.82, 2.24) is 0 Å². The number of sulfonamides is 1. The number of carbonyl (C=O) groups excluding carboxylic acids is 1. The molecule has 0 saturated heterocycles. The summed E-state index contributed by atoms with van der Waals surface area (Å²) in [5, 5.41) is 1.69. The number of ether oxygens (including phenoxy) is 1. The van der Waals surface area contributed by atoms with E-state index >= 15 is 0 Å². The first-order valence-electron chi connectivity index (χ1n) is 7.15. The molecule has 0 atom stereocenters. The van der Waals surface area contributed by atoms with Crippen LogP contribution >= 0.6 is 11.3 Å². The maximum Gasteiger partial charge on any atom is 0.326 e. The molecule has 5 nitrogen and oxygen atoms in total. The van der Waals surface area contributed by atoms with Crippen LogP contribution in [0.5, 0.6) is 0 Å². The molecule has 7 heteroatoms.